The zero-order valence-electron chi connectivity index (χ0n) is 10.1. The topological polar surface area (TPSA) is 27.7 Å². The molecule has 2 rings (SSSR count). The van der Waals surface area contributed by atoms with Gasteiger partial charge in [-0.2, -0.15) is 0 Å². The summed E-state index contributed by atoms with van der Waals surface area (Å²) in [6.07, 6.45) is 0. The van der Waals surface area contributed by atoms with Gasteiger partial charge in [0.1, 0.15) is 5.75 Å². The Morgan fingerprint density at radius 1 is 1.29 bits per heavy atom. The van der Waals surface area contributed by atoms with Crippen molar-refractivity contribution in [2.45, 2.75) is 13.8 Å². The molecule has 1 heterocycles. The predicted octanol–water partition coefficient (Wildman–Crippen LogP) is 3.46. The first-order valence-electron chi connectivity index (χ1n) is 5.79. The highest BCUT2D eigenvalue weighted by atomic mass is 79.9. The van der Waals surface area contributed by atoms with E-state index in [4.69, 9.17) is 14.2 Å². The Balaban J connectivity index is 1.95. The summed E-state index contributed by atoms with van der Waals surface area (Å²) in [5.41, 5.74) is 0. The zero-order valence-corrected chi connectivity index (χ0v) is 11.7. The van der Waals surface area contributed by atoms with Crippen molar-refractivity contribution in [2.24, 2.45) is 11.8 Å². The third-order valence-corrected chi connectivity index (χ3v) is 3.78. The van der Waals surface area contributed by atoms with Crippen molar-refractivity contribution < 1.29 is 14.2 Å². The molecule has 0 spiro atoms. The van der Waals surface area contributed by atoms with E-state index in [2.05, 4.69) is 29.8 Å². The van der Waals surface area contributed by atoms with Crippen molar-refractivity contribution in [3.63, 3.8) is 0 Å². The molecule has 3 nitrogen and oxygen atoms in total. The second kappa shape index (κ2) is 5.63. The highest BCUT2D eigenvalue weighted by Gasteiger charge is 2.16. The molecular formula is C13H17BrO3. The van der Waals surface area contributed by atoms with Gasteiger partial charge in [-0.05, 0) is 18.1 Å². The van der Waals surface area contributed by atoms with Gasteiger partial charge in [0.2, 0.25) is 6.79 Å². The second-order valence-electron chi connectivity index (χ2n) is 4.48. The Kier molecular flexibility index (Phi) is 4.15. The lowest BCUT2D eigenvalue weighted by Gasteiger charge is -2.18. The van der Waals surface area contributed by atoms with Crippen molar-refractivity contribution in [3.05, 3.63) is 18.2 Å². The molecule has 1 unspecified atom stereocenters. The molecule has 1 aromatic rings. The van der Waals surface area contributed by atoms with Gasteiger partial charge in [0.25, 0.3) is 0 Å². The normalized spacial score (nSPS) is 15.1. The molecule has 1 aliphatic rings. The zero-order chi connectivity index (χ0) is 12.3. The van der Waals surface area contributed by atoms with Crippen LogP contribution in [-0.4, -0.2) is 18.7 Å². The Morgan fingerprint density at radius 2 is 2.06 bits per heavy atom. The molecule has 0 saturated carbocycles. The maximum Gasteiger partial charge on any atom is 0.231 e. The summed E-state index contributed by atoms with van der Waals surface area (Å²) in [4.78, 5) is 0. The largest absolute Gasteiger partial charge is 0.493 e. The smallest absolute Gasteiger partial charge is 0.231 e. The first kappa shape index (κ1) is 12.6. The van der Waals surface area contributed by atoms with Crippen molar-refractivity contribution in [3.8, 4) is 17.2 Å². The maximum absolute atomic E-state index is 5.78. The van der Waals surface area contributed by atoms with Crippen LogP contribution < -0.4 is 14.2 Å². The Bertz CT molecular complexity index is 379. The second-order valence-corrected chi connectivity index (χ2v) is 5.13. The van der Waals surface area contributed by atoms with E-state index < -0.39 is 0 Å². The molecule has 0 radical (unpaired) electrons. The standard InChI is InChI=1S/C13H17BrO3/c1-9(2)10(6-14)7-15-11-3-4-12-13(5-11)17-8-16-12/h3-5,9-10H,6-8H2,1-2H3. The summed E-state index contributed by atoms with van der Waals surface area (Å²) in [6, 6.07) is 5.68. The number of rotatable bonds is 5. The van der Waals surface area contributed by atoms with E-state index in [-0.39, 0.29) is 0 Å². The first-order chi connectivity index (χ1) is 8.20. The lowest BCUT2D eigenvalue weighted by Crippen LogP contribution is -2.19. The van der Waals surface area contributed by atoms with Gasteiger partial charge >= 0.3 is 0 Å². The van der Waals surface area contributed by atoms with Crippen LogP contribution in [0.2, 0.25) is 0 Å². The van der Waals surface area contributed by atoms with Crippen LogP contribution >= 0.6 is 15.9 Å². The minimum atomic E-state index is 0.300. The lowest BCUT2D eigenvalue weighted by atomic mass is 9.99. The Hall–Kier alpha value is -0.900. The van der Waals surface area contributed by atoms with E-state index in [1.165, 1.54) is 0 Å². The number of benzene rings is 1. The molecule has 1 aromatic carbocycles. The Morgan fingerprint density at radius 3 is 2.76 bits per heavy atom. The van der Waals surface area contributed by atoms with Gasteiger partial charge in [-0.3, -0.25) is 0 Å². The molecule has 1 aliphatic heterocycles. The first-order valence-corrected chi connectivity index (χ1v) is 6.91. The van der Waals surface area contributed by atoms with E-state index in [9.17, 15) is 0 Å². The van der Waals surface area contributed by atoms with Crippen molar-refractivity contribution in [1.29, 1.82) is 0 Å². The van der Waals surface area contributed by atoms with Gasteiger partial charge in [0.05, 0.1) is 6.61 Å². The monoisotopic (exact) mass is 300 g/mol. The average molecular weight is 301 g/mol. The van der Waals surface area contributed by atoms with Crippen LogP contribution in [0.5, 0.6) is 17.2 Å². The van der Waals surface area contributed by atoms with E-state index in [1.807, 2.05) is 18.2 Å². The fourth-order valence-corrected chi connectivity index (χ4v) is 2.52. The lowest BCUT2D eigenvalue weighted by molar-refractivity contribution is 0.173. The molecule has 94 valence electrons. The molecule has 0 bridgehead atoms. The van der Waals surface area contributed by atoms with Crippen LogP contribution in [0.4, 0.5) is 0 Å². The third-order valence-electron chi connectivity index (χ3n) is 2.95. The molecule has 0 amide bonds. The summed E-state index contributed by atoms with van der Waals surface area (Å²) >= 11 is 3.52. The molecule has 0 aromatic heterocycles. The number of halogens is 1. The maximum atomic E-state index is 5.78. The summed E-state index contributed by atoms with van der Waals surface area (Å²) in [7, 11) is 0. The molecule has 1 atom stereocenters. The fourth-order valence-electron chi connectivity index (χ4n) is 1.59. The number of hydrogen-bond acceptors (Lipinski definition) is 3. The quantitative estimate of drug-likeness (QED) is 0.780. The van der Waals surface area contributed by atoms with E-state index in [0.29, 0.717) is 25.2 Å². The van der Waals surface area contributed by atoms with Crippen molar-refractivity contribution in [1.82, 2.24) is 0 Å². The van der Waals surface area contributed by atoms with Crippen LogP contribution in [0, 0.1) is 11.8 Å². The highest BCUT2D eigenvalue weighted by Crippen LogP contribution is 2.35. The van der Waals surface area contributed by atoms with Crippen LogP contribution in [0.3, 0.4) is 0 Å². The molecule has 0 N–H and O–H groups in total. The van der Waals surface area contributed by atoms with Crippen molar-refractivity contribution >= 4 is 15.9 Å². The summed E-state index contributed by atoms with van der Waals surface area (Å²) in [5, 5.41) is 0.954. The molecular weight excluding hydrogens is 284 g/mol. The summed E-state index contributed by atoms with van der Waals surface area (Å²) in [5.74, 6) is 3.50. The van der Waals surface area contributed by atoms with E-state index >= 15 is 0 Å². The Labute approximate surface area is 110 Å². The van der Waals surface area contributed by atoms with Gasteiger partial charge in [0.15, 0.2) is 11.5 Å². The van der Waals surface area contributed by atoms with Crippen LogP contribution in [0.15, 0.2) is 18.2 Å². The number of hydrogen-bond donors (Lipinski definition) is 0. The average Bonchev–Trinajstić information content (AvgIpc) is 2.76. The van der Waals surface area contributed by atoms with E-state index in [1.54, 1.807) is 0 Å². The van der Waals surface area contributed by atoms with Gasteiger partial charge in [0, 0.05) is 17.3 Å². The molecule has 17 heavy (non-hydrogen) atoms. The molecule has 0 aliphatic carbocycles. The SMILES string of the molecule is CC(C)C(CBr)COc1ccc2c(c1)OCO2. The predicted molar refractivity (Wildman–Crippen MR) is 70.2 cm³/mol. The van der Waals surface area contributed by atoms with Gasteiger partial charge < -0.3 is 14.2 Å². The minimum absolute atomic E-state index is 0.300. The molecule has 0 saturated heterocycles. The van der Waals surface area contributed by atoms with E-state index in [0.717, 1.165) is 22.6 Å². The highest BCUT2D eigenvalue weighted by molar-refractivity contribution is 9.09. The van der Waals surface area contributed by atoms with Crippen LogP contribution in [0.25, 0.3) is 0 Å². The number of alkyl halides is 1. The third kappa shape index (κ3) is 3.06. The number of ether oxygens (including phenoxy) is 3. The van der Waals surface area contributed by atoms with Crippen LogP contribution in [0.1, 0.15) is 13.8 Å². The van der Waals surface area contributed by atoms with Gasteiger partial charge in [-0.25, -0.2) is 0 Å². The summed E-state index contributed by atoms with van der Waals surface area (Å²) < 4.78 is 16.3. The van der Waals surface area contributed by atoms with Crippen molar-refractivity contribution in [2.75, 3.05) is 18.7 Å². The molecule has 4 heteroatoms. The number of fused-ring (bicyclic) bond motifs is 1. The minimum Gasteiger partial charge on any atom is -0.493 e. The van der Waals surface area contributed by atoms with Gasteiger partial charge in [-0.1, -0.05) is 29.8 Å². The van der Waals surface area contributed by atoms with Crippen LogP contribution in [-0.2, 0) is 0 Å². The fraction of sp³-hybridized carbons (Fsp3) is 0.538. The van der Waals surface area contributed by atoms with Gasteiger partial charge in [-0.15, -0.1) is 0 Å². The molecule has 0 fully saturated rings. The summed E-state index contributed by atoms with van der Waals surface area (Å²) in [6.45, 7) is 5.42.